The van der Waals surface area contributed by atoms with Gasteiger partial charge in [-0.2, -0.15) is 0 Å². The minimum Gasteiger partial charge on any atom is -0.399 e. The highest BCUT2D eigenvalue weighted by Gasteiger charge is 2.09. The highest BCUT2D eigenvalue weighted by atomic mass is 19.1. The van der Waals surface area contributed by atoms with Crippen molar-refractivity contribution in [3.8, 4) is 0 Å². The zero-order chi connectivity index (χ0) is 14.5. The molecule has 20 heavy (non-hydrogen) atoms. The molecule has 0 atom stereocenters. The van der Waals surface area contributed by atoms with Gasteiger partial charge in [0.05, 0.1) is 0 Å². The van der Waals surface area contributed by atoms with Gasteiger partial charge in [-0.05, 0) is 48.7 Å². The molecule has 0 aromatic heterocycles. The lowest BCUT2D eigenvalue weighted by atomic mass is 10.1. The van der Waals surface area contributed by atoms with Gasteiger partial charge in [0.25, 0.3) is 5.91 Å². The summed E-state index contributed by atoms with van der Waals surface area (Å²) in [6, 6.07) is 11.7. The summed E-state index contributed by atoms with van der Waals surface area (Å²) in [6.07, 6.45) is 0.465. The van der Waals surface area contributed by atoms with Crippen molar-refractivity contribution in [1.82, 2.24) is 5.32 Å². The third-order valence-electron chi connectivity index (χ3n) is 3.13. The minimum absolute atomic E-state index is 0.168. The Balaban J connectivity index is 1.94. The van der Waals surface area contributed by atoms with E-state index in [1.54, 1.807) is 36.4 Å². The molecule has 0 saturated carbocycles. The maximum absolute atomic E-state index is 13.4. The maximum atomic E-state index is 13.4. The molecule has 0 spiro atoms. The number of nitrogens with two attached hydrogens (primary N) is 1. The molecule has 0 radical (unpaired) electrons. The Morgan fingerprint density at radius 1 is 1.25 bits per heavy atom. The van der Waals surface area contributed by atoms with Crippen LogP contribution in [0.4, 0.5) is 10.1 Å². The van der Waals surface area contributed by atoms with E-state index in [0.29, 0.717) is 29.8 Å². The Morgan fingerprint density at radius 3 is 2.70 bits per heavy atom. The van der Waals surface area contributed by atoms with Crippen molar-refractivity contribution in [2.24, 2.45) is 0 Å². The second-order valence-electron chi connectivity index (χ2n) is 4.67. The molecule has 104 valence electrons. The van der Waals surface area contributed by atoms with Crippen LogP contribution in [-0.2, 0) is 6.42 Å². The second kappa shape index (κ2) is 6.19. The molecule has 0 aliphatic carbocycles. The van der Waals surface area contributed by atoms with Gasteiger partial charge in [0, 0.05) is 17.8 Å². The molecule has 2 aromatic carbocycles. The molecule has 0 unspecified atom stereocenters. The first-order valence-electron chi connectivity index (χ1n) is 6.45. The molecule has 0 fully saturated rings. The number of carbonyl (C=O) groups is 1. The number of nitrogen functional groups attached to an aromatic ring is 1. The van der Waals surface area contributed by atoms with Crippen molar-refractivity contribution in [3.63, 3.8) is 0 Å². The monoisotopic (exact) mass is 272 g/mol. The first kappa shape index (κ1) is 14.1. The molecule has 4 heteroatoms. The van der Waals surface area contributed by atoms with E-state index >= 15 is 0 Å². The smallest absolute Gasteiger partial charge is 0.251 e. The number of hydrogen-bond acceptors (Lipinski definition) is 2. The fourth-order valence-electron chi connectivity index (χ4n) is 2.05. The molecule has 0 heterocycles. The van der Waals surface area contributed by atoms with Gasteiger partial charge in [-0.1, -0.05) is 18.2 Å². The van der Waals surface area contributed by atoms with Crippen LogP contribution in [0.3, 0.4) is 0 Å². The molecule has 0 aliphatic rings. The normalized spacial score (nSPS) is 10.3. The van der Waals surface area contributed by atoms with Crippen LogP contribution in [0.2, 0.25) is 0 Å². The van der Waals surface area contributed by atoms with Crippen LogP contribution < -0.4 is 11.1 Å². The van der Waals surface area contributed by atoms with E-state index < -0.39 is 0 Å². The van der Waals surface area contributed by atoms with Crippen LogP contribution in [0.15, 0.2) is 42.5 Å². The van der Waals surface area contributed by atoms with Crippen LogP contribution in [-0.4, -0.2) is 12.5 Å². The SMILES string of the molecule is Cc1cc(N)ccc1C(=O)NCCc1ccccc1F. The Kier molecular flexibility index (Phi) is 4.35. The number of benzene rings is 2. The van der Waals surface area contributed by atoms with E-state index in [-0.39, 0.29) is 11.7 Å². The number of rotatable bonds is 4. The van der Waals surface area contributed by atoms with Gasteiger partial charge < -0.3 is 11.1 Å². The van der Waals surface area contributed by atoms with Gasteiger partial charge in [-0.15, -0.1) is 0 Å². The average Bonchev–Trinajstić information content (AvgIpc) is 2.40. The van der Waals surface area contributed by atoms with E-state index in [4.69, 9.17) is 5.73 Å². The lowest BCUT2D eigenvalue weighted by Gasteiger charge is -2.08. The van der Waals surface area contributed by atoms with Gasteiger partial charge in [0.1, 0.15) is 5.82 Å². The Hall–Kier alpha value is -2.36. The number of anilines is 1. The molecule has 2 rings (SSSR count). The van der Waals surface area contributed by atoms with Crippen LogP contribution in [0.1, 0.15) is 21.5 Å². The van der Waals surface area contributed by atoms with Gasteiger partial charge in [-0.3, -0.25) is 4.79 Å². The van der Waals surface area contributed by atoms with Crippen LogP contribution in [0, 0.1) is 12.7 Å². The van der Waals surface area contributed by atoms with E-state index in [9.17, 15) is 9.18 Å². The van der Waals surface area contributed by atoms with Crippen LogP contribution >= 0.6 is 0 Å². The van der Waals surface area contributed by atoms with Crippen molar-refractivity contribution >= 4 is 11.6 Å². The van der Waals surface area contributed by atoms with Crippen molar-refractivity contribution in [2.45, 2.75) is 13.3 Å². The standard InChI is InChI=1S/C16H17FN2O/c1-11-10-13(18)6-7-14(11)16(20)19-9-8-12-4-2-3-5-15(12)17/h2-7,10H,8-9,18H2,1H3,(H,19,20). The molecule has 0 saturated heterocycles. The van der Waals surface area contributed by atoms with Crippen molar-refractivity contribution in [3.05, 3.63) is 65.0 Å². The van der Waals surface area contributed by atoms with Gasteiger partial charge in [-0.25, -0.2) is 4.39 Å². The largest absolute Gasteiger partial charge is 0.399 e. The molecular weight excluding hydrogens is 255 g/mol. The average molecular weight is 272 g/mol. The summed E-state index contributed by atoms with van der Waals surface area (Å²) in [6.45, 7) is 2.23. The number of hydrogen-bond donors (Lipinski definition) is 2. The molecule has 0 aliphatic heterocycles. The van der Waals surface area contributed by atoms with Gasteiger partial charge in [0.2, 0.25) is 0 Å². The summed E-state index contributed by atoms with van der Waals surface area (Å²) in [7, 11) is 0. The van der Waals surface area contributed by atoms with Crippen molar-refractivity contribution in [2.75, 3.05) is 12.3 Å². The zero-order valence-electron chi connectivity index (χ0n) is 11.3. The molecule has 1 amide bonds. The van der Waals surface area contributed by atoms with Crippen molar-refractivity contribution < 1.29 is 9.18 Å². The summed E-state index contributed by atoms with van der Waals surface area (Å²) in [5.74, 6) is -0.413. The van der Waals surface area contributed by atoms with Gasteiger partial charge >= 0.3 is 0 Å². The summed E-state index contributed by atoms with van der Waals surface area (Å²) < 4.78 is 13.4. The zero-order valence-corrected chi connectivity index (χ0v) is 11.3. The molecule has 2 aromatic rings. The minimum atomic E-state index is -0.245. The van der Waals surface area contributed by atoms with Gasteiger partial charge in [0.15, 0.2) is 0 Å². The molecule has 3 N–H and O–H groups in total. The lowest BCUT2D eigenvalue weighted by molar-refractivity contribution is 0.0953. The summed E-state index contributed by atoms with van der Waals surface area (Å²) >= 11 is 0. The molecule has 3 nitrogen and oxygen atoms in total. The summed E-state index contributed by atoms with van der Waals surface area (Å²) in [5, 5.41) is 2.79. The number of carbonyl (C=O) groups excluding carboxylic acids is 1. The highest BCUT2D eigenvalue weighted by molar-refractivity contribution is 5.96. The number of nitrogens with one attached hydrogen (secondary N) is 1. The van der Waals surface area contributed by atoms with E-state index in [1.807, 2.05) is 6.92 Å². The molecular formula is C16H17FN2O. The summed E-state index contributed by atoms with van der Waals surface area (Å²) in [4.78, 5) is 12.0. The fourth-order valence-corrected chi connectivity index (χ4v) is 2.05. The maximum Gasteiger partial charge on any atom is 0.251 e. The third kappa shape index (κ3) is 3.35. The first-order chi connectivity index (χ1) is 9.58. The second-order valence-corrected chi connectivity index (χ2v) is 4.67. The number of amides is 1. The quantitative estimate of drug-likeness (QED) is 0.841. The van der Waals surface area contributed by atoms with E-state index in [2.05, 4.69) is 5.32 Å². The van der Waals surface area contributed by atoms with Crippen molar-refractivity contribution in [1.29, 1.82) is 0 Å². The number of halogens is 1. The van der Waals surface area contributed by atoms with E-state index in [0.717, 1.165) is 5.56 Å². The topological polar surface area (TPSA) is 55.1 Å². The number of aryl methyl sites for hydroxylation is 1. The van der Waals surface area contributed by atoms with Crippen LogP contribution in [0.5, 0.6) is 0 Å². The lowest BCUT2D eigenvalue weighted by Crippen LogP contribution is -2.26. The van der Waals surface area contributed by atoms with E-state index in [1.165, 1.54) is 6.07 Å². The predicted octanol–water partition coefficient (Wildman–Crippen LogP) is 2.69. The first-order valence-corrected chi connectivity index (χ1v) is 6.45. The Labute approximate surface area is 117 Å². The predicted molar refractivity (Wildman–Crippen MR) is 78.0 cm³/mol. The summed E-state index contributed by atoms with van der Waals surface area (Å²) in [5.41, 5.74) is 8.29. The Morgan fingerprint density at radius 2 is 2.00 bits per heavy atom. The highest BCUT2D eigenvalue weighted by Crippen LogP contribution is 2.12. The van der Waals surface area contributed by atoms with Crippen LogP contribution in [0.25, 0.3) is 0 Å². The fraction of sp³-hybridized carbons (Fsp3) is 0.188. The third-order valence-corrected chi connectivity index (χ3v) is 3.13. The molecule has 0 bridgehead atoms. The Bertz CT molecular complexity index is 626.